The minimum absolute atomic E-state index is 0.388. The highest BCUT2D eigenvalue weighted by molar-refractivity contribution is 7.78. The molecule has 0 atom stereocenters. The van der Waals surface area contributed by atoms with Gasteiger partial charge in [-0.3, -0.25) is 0 Å². The van der Waals surface area contributed by atoms with Crippen LogP contribution in [0.15, 0.2) is 24.3 Å². The molecule has 1 rings (SSSR count). The summed E-state index contributed by atoms with van der Waals surface area (Å²) in [5.74, 6) is 0. The number of hydrogen-bond acceptors (Lipinski definition) is 1. The molecule has 0 amide bonds. The van der Waals surface area contributed by atoms with Gasteiger partial charge in [0.1, 0.15) is 0 Å². The third kappa shape index (κ3) is 2.81. The summed E-state index contributed by atoms with van der Waals surface area (Å²) >= 11 is 4.56. The van der Waals surface area contributed by atoms with Gasteiger partial charge in [0.25, 0.3) is 0 Å². The maximum atomic E-state index is 12.2. The van der Waals surface area contributed by atoms with E-state index in [0.29, 0.717) is 12.0 Å². The Hall–Kier alpha value is -0.900. The van der Waals surface area contributed by atoms with Crippen molar-refractivity contribution < 1.29 is 13.2 Å². The van der Waals surface area contributed by atoms with Crippen LogP contribution in [0, 0.1) is 0 Å². The number of halogens is 3. The quantitative estimate of drug-likeness (QED) is 0.666. The second-order valence-electron chi connectivity index (χ2n) is 2.57. The highest BCUT2D eigenvalue weighted by Crippen LogP contribution is 2.29. The molecule has 0 saturated heterocycles. The van der Waals surface area contributed by atoms with Crippen molar-refractivity contribution in [3.63, 3.8) is 0 Å². The van der Waals surface area contributed by atoms with E-state index >= 15 is 0 Å². The van der Waals surface area contributed by atoms with Gasteiger partial charge in [-0.2, -0.15) is 13.2 Å². The molecular formula is C9H7F3S. The van der Waals surface area contributed by atoms with Crippen molar-refractivity contribution in [3.8, 4) is 0 Å². The average Bonchev–Trinajstić information content (AvgIpc) is 2.04. The molecule has 1 aromatic carbocycles. The molecule has 1 aromatic rings. The molecule has 0 aliphatic carbocycles. The Labute approximate surface area is 79.4 Å². The van der Waals surface area contributed by atoms with Crippen LogP contribution in [0.25, 0.3) is 0 Å². The lowest BCUT2D eigenvalue weighted by atomic mass is 10.1. The molecule has 70 valence electrons. The molecule has 0 nitrogen and oxygen atoms in total. The first-order valence-electron chi connectivity index (χ1n) is 3.64. The van der Waals surface area contributed by atoms with E-state index in [1.54, 1.807) is 6.07 Å². The topological polar surface area (TPSA) is 0 Å². The highest BCUT2D eigenvalue weighted by Gasteiger charge is 2.30. The monoisotopic (exact) mass is 204 g/mol. The summed E-state index contributed by atoms with van der Waals surface area (Å²) in [5.41, 5.74) is -0.0355. The number of hydrogen-bond donors (Lipinski definition) is 0. The second-order valence-corrected chi connectivity index (χ2v) is 2.90. The van der Waals surface area contributed by atoms with Crippen molar-refractivity contribution in [1.82, 2.24) is 0 Å². The Balaban J connectivity index is 2.98. The van der Waals surface area contributed by atoms with E-state index < -0.39 is 11.7 Å². The Morgan fingerprint density at radius 1 is 1.31 bits per heavy atom. The number of alkyl halides is 3. The van der Waals surface area contributed by atoms with Crippen molar-refractivity contribution >= 4 is 17.6 Å². The zero-order valence-electron chi connectivity index (χ0n) is 6.64. The van der Waals surface area contributed by atoms with Crippen molar-refractivity contribution in [3.05, 3.63) is 35.4 Å². The molecule has 0 fully saturated rings. The molecule has 0 aliphatic heterocycles. The molecule has 0 unspecified atom stereocenters. The van der Waals surface area contributed by atoms with Crippen molar-refractivity contribution in [2.45, 2.75) is 12.6 Å². The van der Waals surface area contributed by atoms with Gasteiger partial charge < -0.3 is 0 Å². The van der Waals surface area contributed by atoms with Crippen LogP contribution < -0.4 is 0 Å². The fourth-order valence-electron chi connectivity index (χ4n) is 0.971. The van der Waals surface area contributed by atoms with Gasteiger partial charge in [0.15, 0.2) is 0 Å². The lowest BCUT2D eigenvalue weighted by Crippen LogP contribution is -2.05. The lowest BCUT2D eigenvalue weighted by Gasteiger charge is -2.07. The van der Waals surface area contributed by atoms with Crippen LogP contribution in [0.1, 0.15) is 11.1 Å². The zero-order chi connectivity index (χ0) is 9.90. The molecule has 0 radical (unpaired) electrons. The van der Waals surface area contributed by atoms with Gasteiger partial charge in [-0.05, 0) is 17.0 Å². The predicted molar refractivity (Wildman–Crippen MR) is 48.8 cm³/mol. The van der Waals surface area contributed by atoms with Crippen molar-refractivity contribution in [2.24, 2.45) is 0 Å². The lowest BCUT2D eigenvalue weighted by molar-refractivity contribution is -0.137. The van der Waals surface area contributed by atoms with Gasteiger partial charge in [-0.15, -0.1) is 0 Å². The molecule has 4 heteroatoms. The summed E-state index contributed by atoms with van der Waals surface area (Å²) in [5, 5.41) is 1.41. The summed E-state index contributed by atoms with van der Waals surface area (Å²) in [6.07, 6.45) is -3.88. The van der Waals surface area contributed by atoms with Crippen LogP contribution in [0.4, 0.5) is 13.2 Å². The fourth-order valence-corrected chi connectivity index (χ4v) is 1.16. The molecule has 0 saturated carbocycles. The van der Waals surface area contributed by atoms with Crippen LogP contribution in [0.5, 0.6) is 0 Å². The van der Waals surface area contributed by atoms with Crippen LogP contribution in [-0.4, -0.2) is 5.37 Å². The van der Waals surface area contributed by atoms with Gasteiger partial charge in [0.05, 0.1) is 5.56 Å². The van der Waals surface area contributed by atoms with E-state index in [2.05, 4.69) is 12.2 Å². The first-order valence-corrected chi connectivity index (χ1v) is 4.11. The van der Waals surface area contributed by atoms with E-state index in [1.165, 1.54) is 11.4 Å². The predicted octanol–water partition coefficient (Wildman–Crippen LogP) is 3.25. The normalized spacial score (nSPS) is 11.3. The van der Waals surface area contributed by atoms with Gasteiger partial charge in [-0.1, -0.05) is 30.4 Å². The summed E-state index contributed by atoms with van der Waals surface area (Å²) in [6, 6.07) is 5.17. The van der Waals surface area contributed by atoms with E-state index in [9.17, 15) is 13.2 Å². The standard InChI is InChI=1S/C9H7F3S/c10-9(11,12)8-3-1-2-7(6-8)4-5-13/h1-3,5-6H,4H2. The van der Waals surface area contributed by atoms with Crippen LogP contribution in [0.3, 0.4) is 0 Å². The maximum Gasteiger partial charge on any atom is 0.416 e. The zero-order valence-corrected chi connectivity index (χ0v) is 7.45. The Bertz CT molecular complexity index is 304. The largest absolute Gasteiger partial charge is 0.416 e. The first-order chi connectivity index (χ1) is 6.04. The Morgan fingerprint density at radius 2 is 2.00 bits per heavy atom. The van der Waals surface area contributed by atoms with E-state index in [1.807, 2.05) is 0 Å². The molecule has 0 bridgehead atoms. The molecule has 0 heterocycles. The Morgan fingerprint density at radius 3 is 2.54 bits per heavy atom. The summed E-state index contributed by atoms with van der Waals surface area (Å²) in [7, 11) is 0. The molecule has 0 spiro atoms. The molecule has 0 aliphatic rings. The third-order valence-corrected chi connectivity index (χ3v) is 1.74. The Kier molecular flexibility index (Phi) is 3.03. The van der Waals surface area contributed by atoms with Crippen LogP contribution in [0.2, 0.25) is 0 Å². The maximum absolute atomic E-state index is 12.2. The summed E-state index contributed by atoms with van der Waals surface area (Å²) in [6.45, 7) is 0. The minimum Gasteiger partial charge on any atom is -0.166 e. The van der Waals surface area contributed by atoms with E-state index in [0.717, 1.165) is 12.1 Å². The smallest absolute Gasteiger partial charge is 0.166 e. The van der Waals surface area contributed by atoms with Gasteiger partial charge in [-0.25, -0.2) is 0 Å². The third-order valence-electron chi connectivity index (χ3n) is 1.57. The summed E-state index contributed by atoms with van der Waals surface area (Å²) < 4.78 is 36.5. The van der Waals surface area contributed by atoms with E-state index in [-0.39, 0.29) is 0 Å². The van der Waals surface area contributed by atoms with Crippen LogP contribution >= 0.6 is 12.2 Å². The second kappa shape index (κ2) is 3.87. The van der Waals surface area contributed by atoms with Gasteiger partial charge in [0, 0.05) is 6.42 Å². The molecular weight excluding hydrogens is 197 g/mol. The van der Waals surface area contributed by atoms with Crippen molar-refractivity contribution in [2.75, 3.05) is 0 Å². The summed E-state index contributed by atoms with van der Waals surface area (Å²) in [4.78, 5) is 0. The highest BCUT2D eigenvalue weighted by atomic mass is 32.1. The van der Waals surface area contributed by atoms with Crippen LogP contribution in [-0.2, 0) is 12.6 Å². The molecule has 0 N–H and O–H groups in total. The minimum atomic E-state index is -4.27. The first kappa shape index (κ1) is 10.2. The van der Waals surface area contributed by atoms with Crippen molar-refractivity contribution in [1.29, 1.82) is 0 Å². The average molecular weight is 204 g/mol. The van der Waals surface area contributed by atoms with Gasteiger partial charge in [0.2, 0.25) is 0 Å². The fraction of sp³-hybridized carbons (Fsp3) is 0.222. The number of benzene rings is 1. The molecule has 0 aromatic heterocycles. The number of thiocarbonyl (C=S) groups is 1. The van der Waals surface area contributed by atoms with E-state index in [4.69, 9.17) is 0 Å². The number of rotatable bonds is 2. The van der Waals surface area contributed by atoms with Gasteiger partial charge >= 0.3 is 6.18 Å². The molecule has 13 heavy (non-hydrogen) atoms. The SMILES string of the molecule is FC(F)(F)c1cccc(CC=S)c1.